The first kappa shape index (κ1) is 10.1. The van der Waals surface area contributed by atoms with E-state index < -0.39 is 12.0 Å². The van der Waals surface area contributed by atoms with E-state index in [4.69, 9.17) is 10.8 Å². The maximum Gasteiger partial charge on any atom is 0.326 e. The number of halogens is 1. The highest BCUT2D eigenvalue weighted by Gasteiger charge is 2.15. The molecule has 0 saturated heterocycles. The van der Waals surface area contributed by atoms with E-state index in [1.807, 2.05) is 0 Å². The fourth-order valence-corrected chi connectivity index (χ4v) is 1.08. The molecule has 0 bridgehead atoms. The maximum absolute atomic E-state index is 10.5. The smallest absolute Gasteiger partial charge is 0.326 e. The van der Waals surface area contributed by atoms with Crippen molar-refractivity contribution in [3.05, 3.63) is 28.0 Å². The van der Waals surface area contributed by atoms with Crippen LogP contribution >= 0.6 is 15.9 Å². The molecule has 0 aromatic carbocycles. The van der Waals surface area contributed by atoms with Gasteiger partial charge in [0.25, 0.3) is 0 Å². The van der Waals surface area contributed by atoms with Gasteiger partial charge in [-0.1, -0.05) is 0 Å². The highest BCUT2D eigenvalue weighted by molar-refractivity contribution is 9.10. The van der Waals surface area contributed by atoms with E-state index in [1.165, 1.54) is 0 Å². The van der Waals surface area contributed by atoms with Gasteiger partial charge in [0.05, 0.1) is 11.4 Å². The molecule has 1 unspecified atom stereocenters. The zero-order valence-electron chi connectivity index (χ0n) is 6.99. The Labute approximate surface area is 83.9 Å². The van der Waals surface area contributed by atoms with Crippen LogP contribution in [0.2, 0.25) is 0 Å². The molecule has 1 atom stereocenters. The van der Waals surface area contributed by atoms with Gasteiger partial charge in [0.2, 0.25) is 0 Å². The minimum Gasteiger partial charge on any atom is -0.480 e. The number of pyridine rings is 1. The second-order valence-corrected chi connectivity index (χ2v) is 3.47. The Balaban J connectivity index is 3.03. The first-order valence-corrected chi connectivity index (χ1v) is 4.43. The Kier molecular flexibility index (Phi) is 3.00. The van der Waals surface area contributed by atoms with Crippen LogP contribution in [0.15, 0.2) is 16.6 Å². The average molecular weight is 245 g/mol. The third-order valence-electron chi connectivity index (χ3n) is 1.63. The summed E-state index contributed by atoms with van der Waals surface area (Å²) in [7, 11) is 0. The van der Waals surface area contributed by atoms with Crippen LogP contribution in [0.1, 0.15) is 17.4 Å². The summed E-state index contributed by atoms with van der Waals surface area (Å²) >= 11 is 3.26. The molecule has 0 saturated carbocycles. The molecular formula is C8H9BrN2O2. The maximum atomic E-state index is 10.5. The van der Waals surface area contributed by atoms with Gasteiger partial charge >= 0.3 is 5.97 Å². The van der Waals surface area contributed by atoms with Gasteiger partial charge in [-0.15, -0.1) is 0 Å². The molecule has 1 aromatic heterocycles. The van der Waals surface area contributed by atoms with E-state index in [1.54, 1.807) is 19.1 Å². The number of aryl methyl sites for hydroxylation is 1. The van der Waals surface area contributed by atoms with Crippen molar-refractivity contribution in [3.8, 4) is 0 Å². The third-order valence-corrected chi connectivity index (χ3v) is 2.47. The van der Waals surface area contributed by atoms with Crippen molar-refractivity contribution in [2.45, 2.75) is 13.0 Å². The van der Waals surface area contributed by atoms with Crippen LogP contribution in [0.3, 0.4) is 0 Å². The first-order chi connectivity index (χ1) is 6.02. The average Bonchev–Trinajstić information content (AvgIpc) is 2.08. The van der Waals surface area contributed by atoms with Crippen LogP contribution in [-0.2, 0) is 4.79 Å². The molecule has 70 valence electrons. The Hall–Kier alpha value is -0.940. The normalized spacial score (nSPS) is 12.5. The molecule has 0 aliphatic heterocycles. The van der Waals surface area contributed by atoms with Gasteiger partial charge in [-0.05, 0) is 35.0 Å². The van der Waals surface area contributed by atoms with Crippen molar-refractivity contribution in [2.24, 2.45) is 5.73 Å². The summed E-state index contributed by atoms with van der Waals surface area (Å²) < 4.78 is 0.842. The molecule has 0 radical (unpaired) electrons. The number of hydrogen-bond donors (Lipinski definition) is 2. The van der Waals surface area contributed by atoms with E-state index in [2.05, 4.69) is 20.9 Å². The largest absolute Gasteiger partial charge is 0.480 e. The fraction of sp³-hybridized carbons (Fsp3) is 0.250. The predicted molar refractivity (Wildman–Crippen MR) is 51.2 cm³/mol. The van der Waals surface area contributed by atoms with E-state index in [9.17, 15) is 4.79 Å². The van der Waals surface area contributed by atoms with Crippen LogP contribution in [0.25, 0.3) is 0 Å². The summed E-state index contributed by atoms with van der Waals surface area (Å²) in [5, 5.41) is 8.62. The molecule has 5 heteroatoms. The zero-order chi connectivity index (χ0) is 10.0. The second kappa shape index (κ2) is 3.85. The molecular weight excluding hydrogens is 236 g/mol. The minimum atomic E-state index is -1.07. The summed E-state index contributed by atoms with van der Waals surface area (Å²) in [6.07, 6.45) is 0. The first-order valence-electron chi connectivity index (χ1n) is 3.64. The lowest BCUT2D eigenvalue weighted by Gasteiger charge is -2.06. The molecule has 1 aromatic rings. The van der Waals surface area contributed by atoms with Gasteiger partial charge in [-0.3, -0.25) is 9.78 Å². The van der Waals surface area contributed by atoms with Crippen molar-refractivity contribution >= 4 is 21.9 Å². The van der Waals surface area contributed by atoms with Crippen molar-refractivity contribution in [2.75, 3.05) is 0 Å². The van der Waals surface area contributed by atoms with Crippen molar-refractivity contribution < 1.29 is 9.90 Å². The van der Waals surface area contributed by atoms with E-state index >= 15 is 0 Å². The number of nitrogens with zero attached hydrogens (tertiary/aromatic N) is 1. The van der Waals surface area contributed by atoms with Crippen molar-refractivity contribution in [1.29, 1.82) is 0 Å². The van der Waals surface area contributed by atoms with E-state index in [-0.39, 0.29) is 0 Å². The van der Waals surface area contributed by atoms with Gasteiger partial charge in [0.15, 0.2) is 0 Å². The number of aromatic nitrogens is 1. The summed E-state index contributed by atoms with van der Waals surface area (Å²) in [6, 6.07) is 2.28. The molecule has 1 rings (SSSR count). The second-order valence-electron chi connectivity index (χ2n) is 2.62. The number of carboxylic acids is 1. The highest BCUT2D eigenvalue weighted by Crippen LogP contribution is 2.16. The summed E-state index contributed by atoms with van der Waals surface area (Å²) in [5.41, 5.74) is 6.48. The SMILES string of the molecule is Cc1nc(C(N)C(=O)O)ccc1Br. The van der Waals surface area contributed by atoms with Crippen LogP contribution in [0.4, 0.5) is 0 Å². The highest BCUT2D eigenvalue weighted by atomic mass is 79.9. The monoisotopic (exact) mass is 244 g/mol. The van der Waals surface area contributed by atoms with Crippen LogP contribution in [0, 0.1) is 6.92 Å². The predicted octanol–water partition coefficient (Wildman–Crippen LogP) is 1.24. The third kappa shape index (κ3) is 2.26. The minimum absolute atomic E-state index is 0.369. The Morgan fingerprint density at radius 2 is 2.31 bits per heavy atom. The fourth-order valence-electron chi connectivity index (χ4n) is 0.863. The molecule has 0 amide bonds. The van der Waals surface area contributed by atoms with E-state index in [0.29, 0.717) is 5.69 Å². The number of carboxylic acid groups (broad SMARTS) is 1. The van der Waals surface area contributed by atoms with Crippen LogP contribution in [-0.4, -0.2) is 16.1 Å². The number of carbonyl (C=O) groups is 1. The number of rotatable bonds is 2. The summed E-state index contributed by atoms with van der Waals surface area (Å²) in [5.74, 6) is -1.07. The van der Waals surface area contributed by atoms with E-state index in [0.717, 1.165) is 10.2 Å². The van der Waals surface area contributed by atoms with Crippen LogP contribution < -0.4 is 5.73 Å². The van der Waals surface area contributed by atoms with Gasteiger partial charge in [-0.2, -0.15) is 0 Å². The Morgan fingerprint density at radius 1 is 1.69 bits per heavy atom. The van der Waals surface area contributed by atoms with Gasteiger partial charge in [0, 0.05) is 4.47 Å². The summed E-state index contributed by atoms with van der Waals surface area (Å²) in [6.45, 7) is 1.78. The van der Waals surface area contributed by atoms with Gasteiger partial charge in [-0.25, -0.2) is 0 Å². The molecule has 0 spiro atoms. The molecule has 0 fully saturated rings. The molecule has 1 heterocycles. The number of hydrogen-bond acceptors (Lipinski definition) is 3. The lowest BCUT2D eigenvalue weighted by molar-refractivity contribution is -0.138. The number of aliphatic carboxylic acids is 1. The van der Waals surface area contributed by atoms with Crippen molar-refractivity contribution in [1.82, 2.24) is 4.98 Å². The summed E-state index contributed by atoms with van der Waals surface area (Å²) in [4.78, 5) is 14.6. The Bertz CT molecular complexity index is 341. The molecule has 0 aliphatic carbocycles. The molecule has 3 N–H and O–H groups in total. The lowest BCUT2D eigenvalue weighted by Crippen LogP contribution is -2.22. The van der Waals surface area contributed by atoms with Crippen LogP contribution in [0.5, 0.6) is 0 Å². The van der Waals surface area contributed by atoms with Gasteiger partial charge in [0.1, 0.15) is 6.04 Å². The number of nitrogens with two attached hydrogens (primary N) is 1. The standard InChI is InChI=1S/C8H9BrN2O2/c1-4-5(9)2-3-6(11-4)7(10)8(12)13/h2-3,7H,10H2,1H3,(H,12,13). The molecule has 13 heavy (non-hydrogen) atoms. The zero-order valence-corrected chi connectivity index (χ0v) is 8.58. The van der Waals surface area contributed by atoms with Crippen molar-refractivity contribution in [3.63, 3.8) is 0 Å². The quantitative estimate of drug-likeness (QED) is 0.821. The topological polar surface area (TPSA) is 76.2 Å². The lowest BCUT2D eigenvalue weighted by atomic mass is 10.2. The Morgan fingerprint density at radius 3 is 2.77 bits per heavy atom. The van der Waals surface area contributed by atoms with Gasteiger partial charge < -0.3 is 10.8 Å². The molecule has 4 nitrogen and oxygen atoms in total. The molecule has 0 aliphatic rings.